The van der Waals surface area contributed by atoms with Crippen LogP contribution >= 0.6 is 0 Å². The van der Waals surface area contributed by atoms with E-state index in [0.29, 0.717) is 22.8 Å². The molecule has 1 heterocycles. The van der Waals surface area contributed by atoms with Crippen molar-refractivity contribution in [2.75, 3.05) is 0 Å². The third-order valence-corrected chi connectivity index (χ3v) is 4.94. The summed E-state index contributed by atoms with van der Waals surface area (Å²) in [6.45, 7) is 4.02. The van der Waals surface area contributed by atoms with Gasteiger partial charge in [-0.05, 0) is 35.4 Å². The normalized spacial score (nSPS) is 17.9. The molecule has 6 heteroatoms. The number of hydrogen-bond donors (Lipinski definition) is 2. The number of amides is 2. The van der Waals surface area contributed by atoms with E-state index in [0.717, 1.165) is 5.56 Å². The molecule has 1 fully saturated rings. The Morgan fingerprint density at radius 2 is 1.58 bits per heavy atom. The molecule has 3 aromatic carbocycles. The lowest BCUT2D eigenvalue weighted by atomic mass is 9.89. The average molecular weight is 414 g/mol. The number of esters is 1. The van der Waals surface area contributed by atoms with Crippen LogP contribution in [0.2, 0.25) is 0 Å². The monoisotopic (exact) mass is 414 g/mol. The Hall–Kier alpha value is -4.06. The van der Waals surface area contributed by atoms with Crippen LogP contribution in [-0.2, 0) is 16.1 Å². The fraction of sp³-hybridized carbons (Fsp3) is 0.120. The number of benzene rings is 3. The summed E-state index contributed by atoms with van der Waals surface area (Å²) in [6, 6.07) is 25.0. The van der Waals surface area contributed by atoms with Crippen LogP contribution in [-0.4, -0.2) is 12.0 Å². The van der Waals surface area contributed by atoms with Gasteiger partial charge in [0.15, 0.2) is 0 Å². The molecule has 0 radical (unpaired) electrons. The molecule has 1 saturated heterocycles. The second kappa shape index (κ2) is 9.17. The van der Waals surface area contributed by atoms with Crippen molar-refractivity contribution >= 4 is 12.0 Å². The molecule has 1 aliphatic heterocycles. The Morgan fingerprint density at radius 1 is 0.903 bits per heavy atom. The number of ether oxygens (including phenoxy) is 2. The van der Waals surface area contributed by atoms with E-state index in [-0.39, 0.29) is 6.61 Å². The molecule has 0 bridgehead atoms. The first-order chi connectivity index (χ1) is 15.1. The molecule has 1 aliphatic rings. The fourth-order valence-corrected chi connectivity index (χ4v) is 3.45. The lowest BCUT2D eigenvalue weighted by Gasteiger charge is -2.33. The predicted octanol–water partition coefficient (Wildman–Crippen LogP) is 4.71. The van der Waals surface area contributed by atoms with Gasteiger partial charge in [0.1, 0.15) is 24.0 Å². The van der Waals surface area contributed by atoms with Gasteiger partial charge in [-0.3, -0.25) is 4.79 Å². The van der Waals surface area contributed by atoms with Crippen molar-refractivity contribution in [3.8, 4) is 11.5 Å². The molecule has 31 heavy (non-hydrogen) atoms. The summed E-state index contributed by atoms with van der Waals surface area (Å²) in [5.41, 5.74) is 1.89. The van der Waals surface area contributed by atoms with Crippen molar-refractivity contribution in [3.63, 3.8) is 0 Å². The Bertz CT molecular complexity index is 1080. The Labute approximate surface area is 180 Å². The van der Waals surface area contributed by atoms with Crippen LogP contribution in [0.4, 0.5) is 4.79 Å². The average Bonchev–Trinajstić information content (AvgIpc) is 2.78. The molecule has 0 aliphatic carbocycles. The number of nitrogens with one attached hydrogen (secondary N) is 2. The quantitative estimate of drug-likeness (QED) is 0.573. The highest BCUT2D eigenvalue weighted by Gasteiger charge is 2.39. The minimum atomic E-state index is -0.784. The van der Waals surface area contributed by atoms with Gasteiger partial charge >= 0.3 is 12.0 Å². The van der Waals surface area contributed by atoms with Crippen LogP contribution in [0.15, 0.2) is 97.2 Å². The van der Waals surface area contributed by atoms with Gasteiger partial charge in [0.25, 0.3) is 0 Å². The highest BCUT2D eigenvalue weighted by molar-refractivity contribution is 5.85. The lowest BCUT2D eigenvalue weighted by molar-refractivity contribution is -0.149. The summed E-state index contributed by atoms with van der Waals surface area (Å²) >= 11 is 0. The fourth-order valence-electron chi connectivity index (χ4n) is 3.45. The molecular weight excluding hydrogens is 392 g/mol. The molecule has 4 rings (SSSR count). The van der Waals surface area contributed by atoms with Crippen molar-refractivity contribution in [1.29, 1.82) is 0 Å². The van der Waals surface area contributed by atoms with E-state index in [1.165, 1.54) is 0 Å². The zero-order chi connectivity index (χ0) is 21.6. The maximum Gasteiger partial charge on any atom is 0.319 e. The zero-order valence-corrected chi connectivity index (χ0v) is 16.8. The molecule has 2 unspecified atom stereocenters. The summed E-state index contributed by atoms with van der Waals surface area (Å²) in [7, 11) is 0. The Balaban J connectivity index is 1.55. The van der Waals surface area contributed by atoms with Crippen LogP contribution in [0, 0.1) is 5.92 Å². The van der Waals surface area contributed by atoms with Crippen molar-refractivity contribution in [2.45, 2.75) is 12.6 Å². The van der Waals surface area contributed by atoms with Gasteiger partial charge in [0.2, 0.25) is 0 Å². The number of hydrogen-bond acceptors (Lipinski definition) is 4. The maximum atomic E-state index is 12.9. The zero-order valence-electron chi connectivity index (χ0n) is 16.8. The van der Waals surface area contributed by atoms with Crippen LogP contribution in [0.1, 0.15) is 17.2 Å². The molecule has 0 aromatic heterocycles. The smallest absolute Gasteiger partial charge is 0.319 e. The first-order valence-corrected chi connectivity index (χ1v) is 9.90. The molecule has 0 spiro atoms. The van der Waals surface area contributed by atoms with Crippen molar-refractivity contribution in [2.24, 2.45) is 5.92 Å². The molecule has 2 N–H and O–H groups in total. The van der Waals surface area contributed by atoms with Gasteiger partial charge in [-0.2, -0.15) is 0 Å². The minimum absolute atomic E-state index is 0.140. The third kappa shape index (κ3) is 4.93. The second-order valence-electron chi connectivity index (χ2n) is 7.16. The van der Waals surface area contributed by atoms with Crippen molar-refractivity contribution in [3.05, 3.63) is 108 Å². The number of carbonyl (C=O) groups is 2. The van der Waals surface area contributed by atoms with Crippen molar-refractivity contribution in [1.82, 2.24) is 10.6 Å². The van der Waals surface area contributed by atoms with E-state index in [9.17, 15) is 9.59 Å². The van der Waals surface area contributed by atoms with Gasteiger partial charge in [-0.25, -0.2) is 4.79 Å². The van der Waals surface area contributed by atoms with Gasteiger partial charge in [0, 0.05) is 5.70 Å². The van der Waals surface area contributed by atoms with Crippen LogP contribution < -0.4 is 15.4 Å². The van der Waals surface area contributed by atoms with E-state index >= 15 is 0 Å². The topological polar surface area (TPSA) is 76.7 Å². The van der Waals surface area contributed by atoms with E-state index in [4.69, 9.17) is 9.47 Å². The predicted molar refractivity (Wildman–Crippen MR) is 116 cm³/mol. The molecule has 0 saturated carbocycles. The summed E-state index contributed by atoms with van der Waals surface area (Å²) < 4.78 is 11.4. The number of para-hydroxylation sites is 1. The standard InChI is InChI=1S/C25H22N2O4/c1-17-22(24(28)30-16-18-9-4-2-5-10-18)23(27-25(29)26-17)19-11-8-14-21(15-19)31-20-12-6-3-7-13-20/h2-15,22-23H,1,16H2,(H2,26,27,29). The molecule has 2 amide bonds. The SMILES string of the molecule is C=C1NC(=O)NC(c2cccc(Oc3ccccc3)c2)C1C(=O)OCc1ccccc1. The van der Waals surface area contributed by atoms with Gasteiger partial charge in [-0.1, -0.05) is 67.2 Å². The first-order valence-electron chi connectivity index (χ1n) is 9.90. The summed E-state index contributed by atoms with van der Waals surface area (Å²) in [4.78, 5) is 25.1. The van der Waals surface area contributed by atoms with E-state index in [1.807, 2.05) is 78.9 Å². The van der Waals surface area contributed by atoms with Gasteiger partial charge in [0.05, 0.1) is 6.04 Å². The van der Waals surface area contributed by atoms with E-state index in [1.54, 1.807) is 6.07 Å². The molecule has 6 nitrogen and oxygen atoms in total. The van der Waals surface area contributed by atoms with E-state index < -0.39 is 24.0 Å². The molecule has 2 atom stereocenters. The van der Waals surface area contributed by atoms with Crippen LogP contribution in [0.5, 0.6) is 11.5 Å². The number of carbonyl (C=O) groups excluding carboxylic acids is 2. The highest BCUT2D eigenvalue weighted by Crippen LogP contribution is 2.33. The number of urea groups is 1. The Kier molecular flexibility index (Phi) is 5.98. The minimum Gasteiger partial charge on any atom is -0.460 e. The van der Waals surface area contributed by atoms with Crippen molar-refractivity contribution < 1.29 is 19.1 Å². The summed E-state index contributed by atoms with van der Waals surface area (Å²) in [6.07, 6.45) is 0. The van der Waals surface area contributed by atoms with Gasteiger partial charge < -0.3 is 20.1 Å². The summed E-state index contributed by atoms with van der Waals surface area (Å²) in [5, 5.41) is 5.40. The largest absolute Gasteiger partial charge is 0.460 e. The molecule has 156 valence electrons. The molecular formula is C25H22N2O4. The second-order valence-corrected chi connectivity index (χ2v) is 7.16. The van der Waals surface area contributed by atoms with Crippen LogP contribution in [0.3, 0.4) is 0 Å². The maximum absolute atomic E-state index is 12.9. The first kappa shape index (κ1) is 20.2. The van der Waals surface area contributed by atoms with E-state index in [2.05, 4.69) is 17.2 Å². The van der Waals surface area contributed by atoms with Crippen LogP contribution in [0.25, 0.3) is 0 Å². The number of rotatable bonds is 6. The molecule has 3 aromatic rings. The lowest BCUT2D eigenvalue weighted by Crippen LogP contribution is -2.51. The summed E-state index contributed by atoms with van der Waals surface area (Å²) in [5.74, 6) is 0.0323. The van der Waals surface area contributed by atoms with Gasteiger partial charge in [-0.15, -0.1) is 0 Å². The third-order valence-electron chi connectivity index (χ3n) is 4.94. The Morgan fingerprint density at radius 3 is 2.32 bits per heavy atom. The highest BCUT2D eigenvalue weighted by atomic mass is 16.5.